The van der Waals surface area contributed by atoms with Crippen molar-refractivity contribution in [3.8, 4) is 11.4 Å². The van der Waals surface area contributed by atoms with E-state index in [-0.39, 0.29) is 11.9 Å². The highest BCUT2D eigenvalue weighted by molar-refractivity contribution is 5.93. The van der Waals surface area contributed by atoms with Crippen LogP contribution in [0.1, 0.15) is 29.3 Å². The van der Waals surface area contributed by atoms with Crippen molar-refractivity contribution in [3.63, 3.8) is 0 Å². The Morgan fingerprint density at radius 3 is 2.78 bits per heavy atom. The van der Waals surface area contributed by atoms with E-state index in [0.29, 0.717) is 30.3 Å². The van der Waals surface area contributed by atoms with Gasteiger partial charge in [0.2, 0.25) is 0 Å². The van der Waals surface area contributed by atoms with E-state index in [1.54, 1.807) is 10.6 Å². The lowest BCUT2D eigenvalue weighted by atomic mass is 10.2. The first-order chi connectivity index (χ1) is 13.2. The van der Waals surface area contributed by atoms with Crippen LogP contribution in [0, 0.1) is 0 Å². The summed E-state index contributed by atoms with van der Waals surface area (Å²) in [5.74, 6) is 1.39. The summed E-state index contributed by atoms with van der Waals surface area (Å²) in [6.45, 7) is 3.15. The zero-order valence-electron chi connectivity index (χ0n) is 14.7. The number of benzene rings is 1. The van der Waals surface area contributed by atoms with Crippen LogP contribution >= 0.6 is 0 Å². The van der Waals surface area contributed by atoms with Crippen LogP contribution < -0.4 is 0 Å². The van der Waals surface area contributed by atoms with Crippen molar-refractivity contribution < 1.29 is 4.79 Å². The fourth-order valence-corrected chi connectivity index (χ4v) is 3.50. The molecular formula is C19H17N7O. The summed E-state index contributed by atoms with van der Waals surface area (Å²) < 4.78 is 3.47. The molecule has 0 aliphatic carbocycles. The molecule has 1 aliphatic rings. The molecule has 134 valence electrons. The van der Waals surface area contributed by atoms with Crippen molar-refractivity contribution in [1.29, 1.82) is 0 Å². The van der Waals surface area contributed by atoms with E-state index in [0.717, 1.165) is 11.4 Å². The summed E-state index contributed by atoms with van der Waals surface area (Å²) >= 11 is 0. The first-order valence-corrected chi connectivity index (χ1v) is 8.82. The second-order valence-corrected chi connectivity index (χ2v) is 6.50. The molecule has 4 aromatic rings. The number of hydrogen-bond acceptors (Lipinski definition) is 5. The fraction of sp³-hybridized carbons (Fsp3) is 0.211. The van der Waals surface area contributed by atoms with E-state index in [2.05, 4.69) is 15.2 Å². The summed E-state index contributed by atoms with van der Waals surface area (Å²) in [6.07, 6.45) is 1.45. The van der Waals surface area contributed by atoms with Crippen molar-refractivity contribution in [2.75, 3.05) is 6.54 Å². The Bertz CT molecular complexity index is 1130. The summed E-state index contributed by atoms with van der Waals surface area (Å²) in [4.78, 5) is 23.9. The minimum atomic E-state index is -0.185. The van der Waals surface area contributed by atoms with Gasteiger partial charge in [-0.25, -0.2) is 19.2 Å². The second kappa shape index (κ2) is 6.01. The third-order valence-electron chi connectivity index (χ3n) is 4.91. The molecule has 0 saturated heterocycles. The number of hydrogen-bond donors (Lipinski definition) is 0. The Morgan fingerprint density at radius 1 is 1.07 bits per heavy atom. The molecule has 0 radical (unpaired) electrons. The molecule has 0 bridgehead atoms. The van der Waals surface area contributed by atoms with Gasteiger partial charge in [0, 0.05) is 12.1 Å². The van der Waals surface area contributed by atoms with Crippen molar-refractivity contribution in [2.45, 2.75) is 19.5 Å². The first-order valence-electron chi connectivity index (χ1n) is 8.82. The highest BCUT2D eigenvalue weighted by Crippen LogP contribution is 2.27. The monoisotopic (exact) mass is 359 g/mol. The lowest BCUT2D eigenvalue weighted by Gasteiger charge is -2.32. The van der Waals surface area contributed by atoms with Gasteiger partial charge in [-0.3, -0.25) is 4.79 Å². The van der Waals surface area contributed by atoms with Crippen molar-refractivity contribution in [3.05, 3.63) is 66.4 Å². The molecule has 5 rings (SSSR count). The van der Waals surface area contributed by atoms with Crippen LogP contribution in [0.25, 0.3) is 17.0 Å². The maximum absolute atomic E-state index is 13.2. The van der Waals surface area contributed by atoms with Gasteiger partial charge in [-0.05, 0) is 19.1 Å². The van der Waals surface area contributed by atoms with Crippen LogP contribution in [0.4, 0.5) is 0 Å². The average molecular weight is 359 g/mol. The van der Waals surface area contributed by atoms with Crippen molar-refractivity contribution in [1.82, 2.24) is 34.3 Å². The third kappa shape index (κ3) is 2.49. The molecule has 1 amide bonds. The average Bonchev–Trinajstić information content (AvgIpc) is 3.35. The van der Waals surface area contributed by atoms with Crippen molar-refractivity contribution in [2.24, 2.45) is 0 Å². The van der Waals surface area contributed by atoms with Crippen LogP contribution in [0.15, 0.2) is 54.9 Å². The predicted octanol–water partition coefficient (Wildman–Crippen LogP) is 2.20. The lowest BCUT2D eigenvalue weighted by Crippen LogP contribution is -2.42. The maximum atomic E-state index is 13.2. The number of rotatable bonds is 2. The molecule has 0 fully saturated rings. The number of carbonyl (C=O) groups excluding carboxylic acids is 1. The summed E-state index contributed by atoms with van der Waals surface area (Å²) in [7, 11) is 0. The summed E-state index contributed by atoms with van der Waals surface area (Å²) in [5, 5.41) is 8.79. The van der Waals surface area contributed by atoms with Crippen LogP contribution in [-0.2, 0) is 6.54 Å². The normalized spacial score (nSPS) is 16.5. The largest absolute Gasteiger partial charge is 0.325 e. The third-order valence-corrected chi connectivity index (χ3v) is 4.91. The zero-order chi connectivity index (χ0) is 18.4. The van der Waals surface area contributed by atoms with Gasteiger partial charge in [0.05, 0.1) is 12.6 Å². The fourth-order valence-electron chi connectivity index (χ4n) is 3.50. The Morgan fingerprint density at radius 2 is 1.93 bits per heavy atom. The van der Waals surface area contributed by atoms with Gasteiger partial charge in [0.25, 0.3) is 5.91 Å². The van der Waals surface area contributed by atoms with Gasteiger partial charge in [0.15, 0.2) is 11.5 Å². The van der Waals surface area contributed by atoms with E-state index in [1.165, 1.54) is 6.33 Å². The number of amides is 1. The first kappa shape index (κ1) is 15.7. The molecule has 1 atom stereocenters. The molecule has 3 aromatic heterocycles. The van der Waals surface area contributed by atoms with Crippen LogP contribution in [0.3, 0.4) is 0 Å². The zero-order valence-corrected chi connectivity index (χ0v) is 14.7. The van der Waals surface area contributed by atoms with Crippen LogP contribution in [0.5, 0.6) is 0 Å². The minimum Gasteiger partial charge on any atom is -0.325 e. The Kier molecular flexibility index (Phi) is 3.49. The quantitative estimate of drug-likeness (QED) is 0.548. The van der Waals surface area contributed by atoms with Gasteiger partial charge in [-0.15, -0.1) is 0 Å². The SMILES string of the molecule is C[C@H]1c2nc(-c3ccccc3)nn2CCN1C(=O)c1cccc2ncnn12. The molecular weight excluding hydrogens is 342 g/mol. The number of nitrogens with zero attached hydrogens (tertiary/aromatic N) is 7. The molecule has 1 aromatic carbocycles. The number of carbonyl (C=O) groups is 1. The van der Waals surface area contributed by atoms with E-state index in [4.69, 9.17) is 4.98 Å². The Hall–Kier alpha value is -3.55. The molecule has 4 heterocycles. The number of pyridine rings is 1. The number of fused-ring (bicyclic) bond motifs is 2. The topological polar surface area (TPSA) is 81.2 Å². The van der Waals surface area contributed by atoms with Gasteiger partial charge in [-0.2, -0.15) is 10.2 Å². The van der Waals surface area contributed by atoms with Gasteiger partial charge in [0.1, 0.15) is 17.8 Å². The predicted molar refractivity (Wildman–Crippen MR) is 97.9 cm³/mol. The smallest absolute Gasteiger partial charge is 0.273 e. The van der Waals surface area contributed by atoms with Crippen LogP contribution in [0.2, 0.25) is 0 Å². The molecule has 0 spiro atoms. The van der Waals surface area contributed by atoms with Crippen LogP contribution in [-0.4, -0.2) is 46.7 Å². The van der Waals surface area contributed by atoms with Gasteiger partial charge in [-0.1, -0.05) is 36.4 Å². The molecule has 0 N–H and O–H groups in total. The standard InChI is InChI=1S/C19H17N7O/c1-13-18-22-17(14-6-3-2-4-7-14)23-25(18)11-10-24(13)19(27)15-8-5-9-16-20-12-21-26(15)16/h2-9,12-13H,10-11H2,1H3/t13-/m0/s1. The van der Waals surface area contributed by atoms with E-state index in [1.807, 2.05) is 59.0 Å². The molecule has 27 heavy (non-hydrogen) atoms. The van der Waals surface area contributed by atoms with Gasteiger partial charge < -0.3 is 4.90 Å². The molecule has 8 nitrogen and oxygen atoms in total. The maximum Gasteiger partial charge on any atom is 0.273 e. The summed E-state index contributed by atoms with van der Waals surface area (Å²) in [6, 6.07) is 15.1. The summed E-state index contributed by atoms with van der Waals surface area (Å²) in [5.41, 5.74) is 2.12. The molecule has 0 saturated carbocycles. The van der Waals surface area contributed by atoms with Gasteiger partial charge >= 0.3 is 0 Å². The highest BCUT2D eigenvalue weighted by Gasteiger charge is 2.32. The van der Waals surface area contributed by atoms with E-state index in [9.17, 15) is 4.79 Å². The van der Waals surface area contributed by atoms with Crippen molar-refractivity contribution >= 4 is 11.6 Å². The second-order valence-electron chi connectivity index (χ2n) is 6.50. The minimum absolute atomic E-state index is 0.0888. The molecule has 1 aliphatic heterocycles. The number of aromatic nitrogens is 6. The van der Waals surface area contributed by atoms with E-state index >= 15 is 0 Å². The Labute approximate surface area is 155 Å². The highest BCUT2D eigenvalue weighted by atomic mass is 16.2. The molecule has 8 heteroatoms. The molecule has 0 unspecified atom stereocenters. The lowest BCUT2D eigenvalue weighted by molar-refractivity contribution is 0.0621. The Balaban J connectivity index is 1.49. The van der Waals surface area contributed by atoms with E-state index < -0.39 is 0 Å².